The van der Waals surface area contributed by atoms with Crippen molar-refractivity contribution in [3.8, 4) is 0 Å². The molecule has 132 valence electrons. The number of fused-ring (bicyclic) bond motifs is 1. The molecular formula is C19H24N4O2. The quantitative estimate of drug-likeness (QED) is 0.899. The highest BCUT2D eigenvalue weighted by molar-refractivity contribution is 5.88. The van der Waals surface area contributed by atoms with Gasteiger partial charge in [-0.25, -0.2) is 4.79 Å². The van der Waals surface area contributed by atoms with Crippen LogP contribution in [0, 0.1) is 11.3 Å². The molecule has 2 aliphatic rings. The largest absolute Gasteiger partial charge is 0.377 e. The van der Waals surface area contributed by atoms with Gasteiger partial charge in [-0.2, -0.15) is 5.10 Å². The van der Waals surface area contributed by atoms with Crippen LogP contribution in [-0.4, -0.2) is 34.6 Å². The van der Waals surface area contributed by atoms with Crippen molar-refractivity contribution >= 4 is 11.8 Å². The summed E-state index contributed by atoms with van der Waals surface area (Å²) in [6.07, 6.45) is 3.16. The molecule has 2 amide bonds. The molecule has 0 radical (unpaired) electrons. The standard InChI is InChI=1S/C19H24N4O2/c1-19(2)16(14-9-11-25-17(14)19)21-18(24)20-15-8-10-23(22-15)12-13-6-4-3-5-7-13/h3-8,10,14,16-17H,9,11-12H2,1-2H3,(H2,20,21,22,24)/t14-,16+,17-/m0/s1. The summed E-state index contributed by atoms with van der Waals surface area (Å²) in [4.78, 5) is 12.3. The molecule has 2 heterocycles. The van der Waals surface area contributed by atoms with Crippen LogP contribution >= 0.6 is 0 Å². The lowest BCUT2D eigenvalue weighted by molar-refractivity contribution is -0.107. The molecule has 1 saturated carbocycles. The Balaban J connectivity index is 1.34. The normalized spacial score (nSPS) is 26.6. The van der Waals surface area contributed by atoms with Crippen molar-refractivity contribution in [2.24, 2.45) is 11.3 Å². The Hall–Kier alpha value is -2.34. The lowest BCUT2D eigenvalue weighted by atomic mass is 9.57. The van der Waals surface area contributed by atoms with Crippen LogP contribution in [0.5, 0.6) is 0 Å². The third kappa shape index (κ3) is 3.02. The lowest BCUT2D eigenvalue weighted by Crippen LogP contribution is -2.67. The minimum absolute atomic E-state index is 0.0226. The zero-order valence-corrected chi connectivity index (χ0v) is 14.6. The van der Waals surface area contributed by atoms with Gasteiger partial charge in [0.05, 0.1) is 12.6 Å². The summed E-state index contributed by atoms with van der Waals surface area (Å²) < 4.78 is 7.59. The molecule has 2 aromatic rings. The van der Waals surface area contributed by atoms with E-state index in [0.717, 1.165) is 13.0 Å². The average Bonchev–Trinajstić information content (AvgIpc) is 3.22. The van der Waals surface area contributed by atoms with E-state index in [2.05, 4.69) is 41.7 Å². The van der Waals surface area contributed by atoms with Crippen LogP contribution in [0.3, 0.4) is 0 Å². The molecule has 2 fully saturated rings. The average molecular weight is 340 g/mol. The fourth-order valence-electron chi connectivity index (χ4n) is 4.20. The van der Waals surface area contributed by atoms with Gasteiger partial charge in [-0.1, -0.05) is 44.2 Å². The smallest absolute Gasteiger partial charge is 0.320 e. The monoisotopic (exact) mass is 340 g/mol. The molecule has 2 N–H and O–H groups in total. The van der Waals surface area contributed by atoms with E-state index < -0.39 is 0 Å². The van der Waals surface area contributed by atoms with E-state index in [-0.39, 0.29) is 23.6 Å². The van der Waals surface area contributed by atoms with Crippen molar-refractivity contribution in [3.63, 3.8) is 0 Å². The summed E-state index contributed by atoms with van der Waals surface area (Å²) in [6, 6.07) is 11.9. The lowest BCUT2D eigenvalue weighted by Gasteiger charge is -2.54. The number of benzene rings is 1. The van der Waals surface area contributed by atoms with Gasteiger partial charge in [-0.05, 0) is 12.0 Å². The summed E-state index contributed by atoms with van der Waals surface area (Å²) in [7, 11) is 0. The first-order chi connectivity index (χ1) is 12.0. The Morgan fingerprint density at radius 3 is 2.92 bits per heavy atom. The maximum Gasteiger partial charge on any atom is 0.320 e. The molecule has 0 spiro atoms. The Morgan fingerprint density at radius 1 is 1.32 bits per heavy atom. The number of aromatic nitrogens is 2. The summed E-state index contributed by atoms with van der Waals surface area (Å²) in [5.74, 6) is 0.987. The SMILES string of the molecule is CC1(C)[C@H](NC(=O)Nc2ccn(Cc3ccccc3)n2)[C@@H]2CCO[C@@H]21. The minimum atomic E-state index is -0.201. The predicted molar refractivity (Wildman–Crippen MR) is 95.3 cm³/mol. The van der Waals surface area contributed by atoms with E-state index in [1.54, 1.807) is 0 Å². The van der Waals surface area contributed by atoms with Crippen molar-refractivity contribution < 1.29 is 9.53 Å². The van der Waals surface area contributed by atoms with Gasteiger partial charge >= 0.3 is 6.03 Å². The number of rotatable bonds is 4. The molecule has 4 rings (SSSR count). The molecule has 1 aliphatic heterocycles. The van der Waals surface area contributed by atoms with Crippen molar-refractivity contribution in [1.29, 1.82) is 0 Å². The Kier molecular flexibility index (Phi) is 4.00. The summed E-state index contributed by atoms with van der Waals surface area (Å²) in [6.45, 7) is 5.78. The summed E-state index contributed by atoms with van der Waals surface area (Å²) in [5.41, 5.74) is 1.15. The van der Waals surface area contributed by atoms with E-state index in [1.165, 1.54) is 5.56 Å². The molecule has 1 saturated heterocycles. The summed E-state index contributed by atoms with van der Waals surface area (Å²) in [5, 5.41) is 10.4. The van der Waals surface area contributed by atoms with Crippen LogP contribution < -0.4 is 10.6 Å². The summed E-state index contributed by atoms with van der Waals surface area (Å²) >= 11 is 0. The minimum Gasteiger partial charge on any atom is -0.377 e. The molecular weight excluding hydrogens is 316 g/mol. The number of ether oxygens (including phenoxy) is 1. The topological polar surface area (TPSA) is 68.2 Å². The van der Waals surface area contributed by atoms with Gasteiger partial charge in [0, 0.05) is 36.2 Å². The van der Waals surface area contributed by atoms with Gasteiger partial charge < -0.3 is 10.1 Å². The third-order valence-corrected chi connectivity index (χ3v) is 5.46. The van der Waals surface area contributed by atoms with Gasteiger partial charge in [0.25, 0.3) is 0 Å². The maximum absolute atomic E-state index is 12.3. The number of anilines is 1. The van der Waals surface area contributed by atoms with Crippen molar-refractivity contribution in [2.45, 2.75) is 39.0 Å². The highest BCUT2D eigenvalue weighted by atomic mass is 16.5. The second-order valence-electron chi connectivity index (χ2n) is 7.53. The van der Waals surface area contributed by atoms with E-state index in [1.807, 2.05) is 35.1 Å². The van der Waals surface area contributed by atoms with E-state index >= 15 is 0 Å². The number of nitrogens with zero attached hydrogens (tertiary/aromatic N) is 2. The highest BCUT2D eigenvalue weighted by Crippen LogP contribution is 2.52. The van der Waals surface area contributed by atoms with Gasteiger partial charge in [0.2, 0.25) is 0 Å². The van der Waals surface area contributed by atoms with E-state index in [0.29, 0.717) is 18.3 Å². The number of nitrogens with one attached hydrogen (secondary N) is 2. The molecule has 6 heteroatoms. The first-order valence-corrected chi connectivity index (χ1v) is 8.80. The number of carbonyl (C=O) groups excluding carboxylic acids is 1. The molecule has 1 aromatic heterocycles. The Morgan fingerprint density at radius 2 is 2.12 bits per heavy atom. The van der Waals surface area contributed by atoms with E-state index in [9.17, 15) is 4.79 Å². The number of amides is 2. The highest BCUT2D eigenvalue weighted by Gasteiger charge is 2.59. The molecule has 1 aromatic carbocycles. The Labute approximate surface area is 147 Å². The van der Waals surface area contributed by atoms with Crippen molar-refractivity contribution in [1.82, 2.24) is 15.1 Å². The zero-order chi connectivity index (χ0) is 17.4. The van der Waals surface area contributed by atoms with Gasteiger partial charge in [-0.15, -0.1) is 0 Å². The molecule has 3 atom stereocenters. The van der Waals surface area contributed by atoms with Crippen LogP contribution in [-0.2, 0) is 11.3 Å². The van der Waals surface area contributed by atoms with E-state index in [4.69, 9.17) is 4.74 Å². The van der Waals surface area contributed by atoms with Crippen molar-refractivity contribution in [2.75, 3.05) is 11.9 Å². The molecule has 25 heavy (non-hydrogen) atoms. The second-order valence-corrected chi connectivity index (χ2v) is 7.53. The molecule has 6 nitrogen and oxygen atoms in total. The third-order valence-electron chi connectivity index (χ3n) is 5.46. The second kappa shape index (κ2) is 6.19. The number of hydrogen-bond donors (Lipinski definition) is 2. The zero-order valence-electron chi connectivity index (χ0n) is 14.6. The number of urea groups is 1. The molecule has 0 unspecified atom stereocenters. The van der Waals surface area contributed by atoms with Crippen LogP contribution in [0.1, 0.15) is 25.8 Å². The number of carbonyl (C=O) groups is 1. The van der Waals surface area contributed by atoms with Crippen LogP contribution in [0.15, 0.2) is 42.6 Å². The van der Waals surface area contributed by atoms with Gasteiger partial charge in [0.1, 0.15) is 0 Å². The fraction of sp³-hybridized carbons (Fsp3) is 0.474. The van der Waals surface area contributed by atoms with Crippen LogP contribution in [0.25, 0.3) is 0 Å². The van der Waals surface area contributed by atoms with Crippen LogP contribution in [0.2, 0.25) is 0 Å². The Bertz CT molecular complexity index is 756. The van der Waals surface area contributed by atoms with Gasteiger partial charge in [0.15, 0.2) is 5.82 Å². The first kappa shape index (κ1) is 16.1. The van der Waals surface area contributed by atoms with Crippen LogP contribution in [0.4, 0.5) is 10.6 Å². The molecule has 1 aliphatic carbocycles. The predicted octanol–water partition coefficient (Wildman–Crippen LogP) is 2.87. The fourth-order valence-corrected chi connectivity index (χ4v) is 4.20. The first-order valence-electron chi connectivity index (χ1n) is 8.80. The van der Waals surface area contributed by atoms with Crippen molar-refractivity contribution in [3.05, 3.63) is 48.2 Å². The molecule has 0 bridgehead atoms. The maximum atomic E-state index is 12.3. The van der Waals surface area contributed by atoms with Gasteiger partial charge in [-0.3, -0.25) is 10.00 Å². The number of hydrogen-bond acceptors (Lipinski definition) is 3.